The molecule has 1 unspecified atom stereocenters. The second kappa shape index (κ2) is 7.92. The minimum atomic E-state index is 0.204. The van der Waals surface area contributed by atoms with Crippen LogP contribution in [0.15, 0.2) is 46.2 Å². The predicted molar refractivity (Wildman–Crippen MR) is 112 cm³/mol. The molecule has 4 heterocycles. The molecule has 29 heavy (non-hydrogen) atoms. The van der Waals surface area contributed by atoms with Crippen LogP contribution in [0.5, 0.6) is 0 Å². The van der Waals surface area contributed by atoms with Gasteiger partial charge in [0.1, 0.15) is 5.52 Å². The van der Waals surface area contributed by atoms with E-state index in [1.165, 1.54) is 4.88 Å². The zero-order chi connectivity index (χ0) is 19.6. The summed E-state index contributed by atoms with van der Waals surface area (Å²) in [4.78, 5) is 10.6. The first-order valence-electron chi connectivity index (χ1n) is 9.95. The van der Waals surface area contributed by atoms with Gasteiger partial charge in [0.25, 0.3) is 6.01 Å². The van der Waals surface area contributed by atoms with E-state index in [1.807, 2.05) is 28.9 Å². The number of aromatic nitrogens is 5. The van der Waals surface area contributed by atoms with Crippen molar-refractivity contribution in [2.75, 3.05) is 31.1 Å². The number of rotatable bonds is 6. The molecule has 1 atom stereocenters. The van der Waals surface area contributed by atoms with Crippen LogP contribution < -0.4 is 4.90 Å². The second-order valence-corrected chi connectivity index (χ2v) is 8.22. The Morgan fingerprint density at radius 3 is 2.72 bits per heavy atom. The van der Waals surface area contributed by atoms with Crippen LogP contribution >= 0.6 is 11.3 Å². The number of tetrazole rings is 1. The molecule has 0 bridgehead atoms. The number of hydrogen-bond donors (Lipinski definition) is 0. The fraction of sp³-hybridized carbons (Fsp3) is 0.400. The van der Waals surface area contributed by atoms with Gasteiger partial charge < -0.3 is 9.32 Å². The van der Waals surface area contributed by atoms with Gasteiger partial charge in [-0.1, -0.05) is 25.1 Å². The van der Waals surface area contributed by atoms with Gasteiger partial charge >= 0.3 is 0 Å². The summed E-state index contributed by atoms with van der Waals surface area (Å²) in [6, 6.07) is 13.0. The highest BCUT2D eigenvalue weighted by Gasteiger charge is 2.29. The number of para-hydroxylation sites is 2. The van der Waals surface area contributed by atoms with Gasteiger partial charge in [-0.25, -0.2) is 4.68 Å². The van der Waals surface area contributed by atoms with Crippen molar-refractivity contribution in [3.05, 3.63) is 52.5 Å². The highest BCUT2D eigenvalue weighted by atomic mass is 32.1. The summed E-state index contributed by atoms with van der Waals surface area (Å²) in [6.07, 6.45) is 0.966. The molecule has 1 fully saturated rings. The zero-order valence-corrected chi connectivity index (χ0v) is 17.1. The second-order valence-electron chi connectivity index (χ2n) is 7.19. The normalized spacial score (nSPS) is 16.5. The topological polar surface area (TPSA) is 76.1 Å². The third-order valence-electron chi connectivity index (χ3n) is 5.44. The maximum absolute atomic E-state index is 5.94. The average Bonchev–Trinajstić information content (AvgIpc) is 3.51. The van der Waals surface area contributed by atoms with Gasteiger partial charge in [0, 0.05) is 31.1 Å². The van der Waals surface area contributed by atoms with Crippen molar-refractivity contribution >= 4 is 28.5 Å². The number of fused-ring (bicyclic) bond motifs is 1. The minimum Gasteiger partial charge on any atom is -0.423 e. The van der Waals surface area contributed by atoms with Crippen molar-refractivity contribution in [2.24, 2.45) is 0 Å². The number of piperazine rings is 1. The maximum atomic E-state index is 5.94. The smallest absolute Gasteiger partial charge is 0.298 e. The largest absolute Gasteiger partial charge is 0.423 e. The van der Waals surface area contributed by atoms with Crippen LogP contribution in [0.25, 0.3) is 11.1 Å². The fourth-order valence-corrected chi connectivity index (χ4v) is 4.62. The van der Waals surface area contributed by atoms with Gasteiger partial charge in [0.2, 0.25) is 0 Å². The van der Waals surface area contributed by atoms with Crippen LogP contribution in [0.4, 0.5) is 6.01 Å². The molecule has 0 radical (unpaired) electrons. The summed E-state index contributed by atoms with van der Waals surface area (Å²) in [5.74, 6) is 0.941. The Hall–Kier alpha value is -2.78. The monoisotopic (exact) mass is 409 g/mol. The molecule has 5 rings (SSSR count). The van der Waals surface area contributed by atoms with Crippen LogP contribution in [0.3, 0.4) is 0 Å². The summed E-state index contributed by atoms with van der Waals surface area (Å²) >= 11 is 1.73. The van der Waals surface area contributed by atoms with Gasteiger partial charge in [-0.15, -0.1) is 16.4 Å². The molecular formula is C20H23N7OS. The van der Waals surface area contributed by atoms with Crippen molar-refractivity contribution < 1.29 is 4.42 Å². The number of thiophene rings is 1. The first kappa shape index (κ1) is 18.3. The van der Waals surface area contributed by atoms with E-state index in [9.17, 15) is 0 Å². The van der Waals surface area contributed by atoms with Gasteiger partial charge in [0.05, 0.1) is 12.6 Å². The van der Waals surface area contributed by atoms with Crippen LogP contribution in [-0.4, -0.2) is 56.3 Å². The van der Waals surface area contributed by atoms with E-state index in [2.05, 4.69) is 54.7 Å². The van der Waals surface area contributed by atoms with Crippen molar-refractivity contribution in [1.29, 1.82) is 0 Å². The van der Waals surface area contributed by atoms with Gasteiger partial charge in [0.15, 0.2) is 11.4 Å². The molecule has 3 aromatic heterocycles. The van der Waals surface area contributed by atoms with Gasteiger partial charge in [-0.05, 0) is 40.4 Å². The zero-order valence-electron chi connectivity index (χ0n) is 16.3. The highest BCUT2D eigenvalue weighted by Crippen LogP contribution is 2.27. The number of hydrogen-bond acceptors (Lipinski definition) is 8. The molecule has 4 aromatic rings. The van der Waals surface area contributed by atoms with Crippen molar-refractivity contribution in [3.63, 3.8) is 0 Å². The standard InChI is InChI=1S/C20H23N7OS/c1-2-17(19-22-23-24-27(19)14-15-6-5-13-29-15)25-9-11-26(12-10-25)20-21-16-7-3-4-8-18(16)28-20/h3-8,13,17H,2,9-12,14H2,1H3. The first-order chi connectivity index (χ1) is 14.3. The Morgan fingerprint density at radius 1 is 1.10 bits per heavy atom. The predicted octanol–water partition coefficient (Wildman–Crippen LogP) is 3.20. The Labute approximate surface area is 172 Å². The van der Waals surface area contributed by atoms with Crippen LogP contribution in [0.2, 0.25) is 0 Å². The van der Waals surface area contributed by atoms with Crippen LogP contribution in [-0.2, 0) is 6.54 Å². The minimum absolute atomic E-state index is 0.204. The Morgan fingerprint density at radius 2 is 1.97 bits per heavy atom. The lowest BCUT2D eigenvalue weighted by Crippen LogP contribution is -2.48. The number of nitrogens with zero attached hydrogens (tertiary/aromatic N) is 7. The van der Waals surface area contributed by atoms with E-state index in [-0.39, 0.29) is 6.04 Å². The summed E-state index contributed by atoms with van der Waals surface area (Å²) in [5, 5.41) is 14.7. The maximum Gasteiger partial charge on any atom is 0.298 e. The molecule has 0 saturated carbocycles. The van der Waals surface area contributed by atoms with Crippen LogP contribution in [0.1, 0.15) is 30.1 Å². The Bertz CT molecular complexity index is 1030. The fourth-order valence-electron chi connectivity index (χ4n) is 3.94. The quantitative estimate of drug-likeness (QED) is 0.484. The lowest BCUT2D eigenvalue weighted by molar-refractivity contribution is 0.167. The number of benzene rings is 1. The molecule has 0 spiro atoms. The van der Waals surface area contributed by atoms with E-state index < -0.39 is 0 Å². The van der Waals surface area contributed by atoms with E-state index in [1.54, 1.807) is 11.3 Å². The van der Waals surface area contributed by atoms with Crippen molar-refractivity contribution in [3.8, 4) is 0 Å². The molecule has 1 aliphatic heterocycles. The molecule has 150 valence electrons. The first-order valence-corrected chi connectivity index (χ1v) is 10.8. The average molecular weight is 410 g/mol. The third kappa shape index (κ3) is 3.63. The third-order valence-corrected chi connectivity index (χ3v) is 6.30. The van der Waals surface area contributed by atoms with E-state index in [0.29, 0.717) is 6.01 Å². The summed E-state index contributed by atoms with van der Waals surface area (Å²) < 4.78 is 7.88. The van der Waals surface area contributed by atoms with Crippen LogP contribution in [0, 0.1) is 0 Å². The lowest BCUT2D eigenvalue weighted by atomic mass is 10.1. The molecule has 1 aromatic carbocycles. The molecule has 1 saturated heterocycles. The molecular weight excluding hydrogens is 386 g/mol. The highest BCUT2D eigenvalue weighted by molar-refractivity contribution is 7.09. The van der Waals surface area contributed by atoms with E-state index >= 15 is 0 Å². The molecule has 9 heteroatoms. The van der Waals surface area contributed by atoms with E-state index in [4.69, 9.17) is 4.42 Å². The molecule has 0 N–H and O–H groups in total. The summed E-state index contributed by atoms with van der Waals surface area (Å²) in [7, 11) is 0. The van der Waals surface area contributed by atoms with Gasteiger partial charge in [-0.3, -0.25) is 4.90 Å². The summed E-state index contributed by atoms with van der Waals surface area (Å²) in [5.41, 5.74) is 1.74. The lowest BCUT2D eigenvalue weighted by Gasteiger charge is -2.37. The van der Waals surface area contributed by atoms with Gasteiger partial charge in [-0.2, -0.15) is 4.98 Å². The molecule has 1 aliphatic rings. The molecule has 0 aliphatic carbocycles. The summed E-state index contributed by atoms with van der Waals surface area (Å²) in [6.45, 7) is 6.50. The van der Waals surface area contributed by atoms with Crippen molar-refractivity contribution in [1.82, 2.24) is 30.1 Å². The molecule has 8 nitrogen and oxygen atoms in total. The van der Waals surface area contributed by atoms with Crippen molar-refractivity contribution in [2.45, 2.75) is 25.9 Å². The number of oxazole rings is 1. The molecule has 0 amide bonds. The number of anilines is 1. The Kier molecular flexibility index (Phi) is 4.99. The van der Waals surface area contributed by atoms with E-state index in [0.717, 1.165) is 56.1 Å². The SMILES string of the molecule is CCC(c1nnnn1Cc1cccs1)N1CCN(c2nc3ccccc3o2)CC1. The Balaban J connectivity index is 1.29.